The van der Waals surface area contributed by atoms with Crippen molar-refractivity contribution in [3.05, 3.63) is 11.8 Å². The molecule has 5 nitrogen and oxygen atoms in total. The van der Waals surface area contributed by atoms with E-state index >= 15 is 0 Å². The molecule has 0 aliphatic carbocycles. The Kier molecular flexibility index (Phi) is 5.14. The van der Waals surface area contributed by atoms with Gasteiger partial charge in [-0.2, -0.15) is 0 Å². The maximum absolute atomic E-state index is 11.0. The number of carbonyl (C=O) groups is 1. The maximum Gasteiger partial charge on any atom is 0.334 e. The summed E-state index contributed by atoms with van der Waals surface area (Å²) >= 11 is 0. The minimum atomic E-state index is -0.361. The molecule has 0 fully saturated rings. The van der Waals surface area contributed by atoms with Crippen LogP contribution in [0.3, 0.4) is 0 Å². The van der Waals surface area contributed by atoms with Crippen molar-refractivity contribution in [2.45, 2.75) is 19.4 Å². The molecule has 0 aromatic heterocycles. The predicted octanol–water partition coefficient (Wildman–Crippen LogP) is 0.843. The number of hydrogen-bond acceptors (Lipinski definition) is 5. The second kappa shape index (κ2) is 6.42. The quantitative estimate of drug-likeness (QED) is 0.374. The molecular formula is C10H16O5. The fourth-order valence-electron chi connectivity index (χ4n) is 1.17. The van der Waals surface area contributed by atoms with Crippen molar-refractivity contribution < 1.29 is 23.7 Å². The molecule has 0 N–H and O–H groups in total. The molecule has 15 heavy (non-hydrogen) atoms. The molecule has 1 atom stereocenters. The van der Waals surface area contributed by atoms with Gasteiger partial charge in [0.15, 0.2) is 6.79 Å². The highest BCUT2D eigenvalue weighted by molar-refractivity contribution is 5.83. The lowest BCUT2D eigenvalue weighted by molar-refractivity contribution is -0.145. The first-order valence-electron chi connectivity index (χ1n) is 4.83. The van der Waals surface area contributed by atoms with E-state index in [4.69, 9.17) is 18.9 Å². The van der Waals surface area contributed by atoms with Crippen molar-refractivity contribution in [3.8, 4) is 0 Å². The topological polar surface area (TPSA) is 54.0 Å². The summed E-state index contributed by atoms with van der Waals surface area (Å²) < 4.78 is 20.1. The van der Waals surface area contributed by atoms with Gasteiger partial charge in [-0.05, 0) is 6.92 Å². The first-order chi connectivity index (χ1) is 7.22. The van der Waals surface area contributed by atoms with Crippen LogP contribution in [0.1, 0.15) is 13.3 Å². The summed E-state index contributed by atoms with van der Waals surface area (Å²) in [5.74, 6) is 0.247. The van der Waals surface area contributed by atoms with E-state index in [1.165, 1.54) is 6.08 Å². The number of cyclic esters (lactones) is 1. The van der Waals surface area contributed by atoms with Crippen LogP contribution in [0.5, 0.6) is 0 Å². The number of hydrogen-bond donors (Lipinski definition) is 0. The van der Waals surface area contributed by atoms with Crippen LogP contribution in [0, 0.1) is 0 Å². The molecule has 0 spiro atoms. The molecule has 0 amide bonds. The van der Waals surface area contributed by atoms with Crippen LogP contribution >= 0.6 is 0 Å². The molecule has 1 heterocycles. The second-order valence-electron chi connectivity index (χ2n) is 3.23. The average molecular weight is 216 g/mol. The Bertz CT molecular complexity index is 236. The first-order valence-corrected chi connectivity index (χ1v) is 4.83. The molecule has 0 radical (unpaired) electrons. The molecule has 0 saturated heterocycles. The molecule has 0 aromatic carbocycles. The number of methoxy groups -OCH3 is 1. The van der Waals surface area contributed by atoms with Crippen LogP contribution in [0.2, 0.25) is 0 Å². The number of esters is 1. The van der Waals surface area contributed by atoms with Gasteiger partial charge in [0.25, 0.3) is 0 Å². The number of carbonyl (C=O) groups excluding carboxylic acids is 1. The summed E-state index contributed by atoms with van der Waals surface area (Å²) in [5, 5.41) is 0. The predicted molar refractivity (Wildman–Crippen MR) is 52.0 cm³/mol. The molecule has 86 valence electrons. The monoisotopic (exact) mass is 216 g/mol. The standard InChI is InChI=1S/C10H16O5/c1-8-5-9(6-10(11)15-8)14-7-13-4-3-12-2/h6,8H,3-5,7H2,1-2H3/t8-/m0/s1. The lowest BCUT2D eigenvalue weighted by Gasteiger charge is -2.19. The summed E-state index contributed by atoms with van der Waals surface area (Å²) in [6.07, 6.45) is 1.82. The van der Waals surface area contributed by atoms with Crippen molar-refractivity contribution in [3.63, 3.8) is 0 Å². The number of ether oxygens (including phenoxy) is 4. The van der Waals surface area contributed by atoms with E-state index in [9.17, 15) is 4.79 Å². The van der Waals surface area contributed by atoms with Crippen LogP contribution in [0.15, 0.2) is 11.8 Å². The molecular weight excluding hydrogens is 200 g/mol. The van der Waals surface area contributed by atoms with Crippen molar-refractivity contribution in [2.24, 2.45) is 0 Å². The zero-order chi connectivity index (χ0) is 11.1. The minimum Gasteiger partial charge on any atom is -0.471 e. The normalized spacial score (nSPS) is 20.8. The van der Waals surface area contributed by atoms with Crippen molar-refractivity contribution in [1.82, 2.24) is 0 Å². The second-order valence-corrected chi connectivity index (χ2v) is 3.23. The largest absolute Gasteiger partial charge is 0.471 e. The third-order valence-electron chi connectivity index (χ3n) is 1.84. The van der Waals surface area contributed by atoms with E-state index in [2.05, 4.69) is 0 Å². The molecule has 1 rings (SSSR count). The Hall–Kier alpha value is -1.07. The molecule has 5 heteroatoms. The van der Waals surface area contributed by atoms with Crippen molar-refractivity contribution in [2.75, 3.05) is 27.1 Å². The van der Waals surface area contributed by atoms with E-state index in [0.717, 1.165) is 0 Å². The lowest BCUT2D eigenvalue weighted by atomic mass is 10.2. The van der Waals surface area contributed by atoms with Crippen LogP contribution in [-0.2, 0) is 23.7 Å². The van der Waals surface area contributed by atoms with E-state index < -0.39 is 0 Å². The van der Waals surface area contributed by atoms with Crippen LogP contribution in [0.25, 0.3) is 0 Å². The summed E-state index contributed by atoms with van der Waals surface area (Å²) in [4.78, 5) is 11.0. The van der Waals surface area contributed by atoms with Crippen LogP contribution < -0.4 is 0 Å². The zero-order valence-electron chi connectivity index (χ0n) is 9.02. The molecule has 0 unspecified atom stereocenters. The Morgan fingerprint density at radius 2 is 2.33 bits per heavy atom. The third-order valence-corrected chi connectivity index (χ3v) is 1.84. The van der Waals surface area contributed by atoms with Gasteiger partial charge < -0.3 is 18.9 Å². The van der Waals surface area contributed by atoms with Gasteiger partial charge in [0.05, 0.1) is 19.3 Å². The third kappa shape index (κ3) is 4.80. The Labute approximate surface area is 88.9 Å². The smallest absolute Gasteiger partial charge is 0.334 e. The lowest BCUT2D eigenvalue weighted by Crippen LogP contribution is -2.21. The maximum atomic E-state index is 11.0. The van der Waals surface area contributed by atoms with E-state index in [0.29, 0.717) is 25.4 Å². The van der Waals surface area contributed by atoms with Gasteiger partial charge in [-0.15, -0.1) is 0 Å². The van der Waals surface area contributed by atoms with Crippen molar-refractivity contribution in [1.29, 1.82) is 0 Å². The molecule has 0 saturated carbocycles. The Morgan fingerprint density at radius 3 is 3.00 bits per heavy atom. The van der Waals surface area contributed by atoms with E-state index in [-0.39, 0.29) is 18.9 Å². The molecule has 0 aromatic rings. The van der Waals surface area contributed by atoms with Crippen LogP contribution in [-0.4, -0.2) is 39.2 Å². The van der Waals surface area contributed by atoms with Gasteiger partial charge in [-0.25, -0.2) is 4.79 Å². The SMILES string of the molecule is COCCOCOC1=CC(=O)O[C@@H](C)C1. The van der Waals surface area contributed by atoms with Crippen LogP contribution in [0.4, 0.5) is 0 Å². The minimum absolute atomic E-state index is 0.128. The Morgan fingerprint density at radius 1 is 1.53 bits per heavy atom. The highest BCUT2D eigenvalue weighted by atomic mass is 16.7. The fraction of sp³-hybridized carbons (Fsp3) is 0.700. The molecule has 0 bridgehead atoms. The summed E-state index contributed by atoms with van der Waals surface area (Å²) in [6, 6.07) is 0. The Balaban J connectivity index is 2.17. The van der Waals surface area contributed by atoms with Crippen molar-refractivity contribution >= 4 is 5.97 Å². The fourth-order valence-corrected chi connectivity index (χ4v) is 1.17. The summed E-state index contributed by atoms with van der Waals surface area (Å²) in [7, 11) is 1.60. The highest BCUT2D eigenvalue weighted by Gasteiger charge is 2.18. The van der Waals surface area contributed by atoms with Gasteiger partial charge in [0, 0.05) is 13.5 Å². The van der Waals surface area contributed by atoms with Gasteiger partial charge in [-0.1, -0.05) is 0 Å². The van der Waals surface area contributed by atoms with Gasteiger partial charge in [0.1, 0.15) is 11.9 Å². The van der Waals surface area contributed by atoms with Gasteiger partial charge in [-0.3, -0.25) is 0 Å². The highest BCUT2D eigenvalue weighted by Crippen LogP contribution is 2.15. The zero-order valence-corrected chi connectivity index (χ0v) is 9.02. The van der Waals surface area contributed by atoms with Gasteiger partial charge >= 0.3 is 5.97 Å². The molecule has 1 aliphatic heterocycles. The number of rotatable bonds is 6. The molecule has 1 aliphatic rings. The first kappa shape index (κ1) is 12.0. The van der Waals surface area contributed by atoms with E-state index in [1.54, 1.807) is 7.11 Å². The average Bonchev–Trinajstić information content (AvgIpc) is 2.16. The summed E-state index contributed by atoms with van der Waals surface area (Å²) in [6.45, 7) is 2.96. The van der Waals surface area contributed by atoms with Gasteiger partial charge in [0.2, 0.25) is 0 Å². The summed E-state index contributed by atoms with van der Waals surface area (Å²) in [5.41, 5.74) is 0. The van der Waals surface area contributed by atoms with E-state index in [1.807, 2.05) is 6.92 Å².